The highest BCUT2D eigenvalue weighted by Gasteiger charge is 2.23. The summed E-state index contributed by atoms with van der Waals surface area (Å²) in [5.41, 5.74) is 0. The van der Waals surface area contributed by atoms with Gasteiger partial charge in [-0.15, -0.1) is 0 Å². The lowest BCUT2D eigenvalue weighted by atomic mass is 10.1. The van der Waals surface area contributed by atoms with Gasteiger partial charge in [-0.3, -0.25) is 4.90 Å². The Morgan fingerprint density at radius 1 is 1.58 bits per heavy atom. The SMILES string of the molecule is N#CCC1CCN(CC(F)F)C1. The van der Waals surface area contributed by atoms with Crippen LogP contribution in [0.5, 0.6) is 0 Å². The standard InChI is InChI=1S/C8H12F2N2/c9-8(10)6-12-4-2-7(5-12)1-3-11/h7-8H,1-2,4-6H2. The van der Waals surface area contributed by atoms with Gasteiger partial charge >= 0.3 is 0 Å². The van der Waals surface area contributed by atoms with E-state index in [2.05, 4.69) is 6.07 Å². The third-order valence-corrected chi connectivity index (χ3v) is 2.15. The van der Waals surface area contributed by atoms with E-state index in [4.69, 9.17) is 5.26 Å². The molecule has 0 aromatic carbocycles. The molecular weight excluding hydrogens is 162 g/mol. The van der Waals surface area contributed by atoms with Gasteiger partial charge in [-0.25, -0.2) is 8.78 Å². The molecule has 0 saturated carbocycles. The molecule has 1 saturated heterocycles. The highest BCUT2D eigenvalue weighted by Crippen LogP contribution is 2.19. The van der Waals surface area contributed by atoms with Crippen molar-refractivity contribution in [3.05, 3.63) is 0 Å². The first-order chi connectivity index (χ1) is 5.72. The fourth-order valence-electron chi connectivity index (χ4n) is 1.57. The molecule has 0 aliphatic carbocycles. The third kappa shape index (κ3) is 2.74. The van der Waals surface area contributed by atoms with Gasteiger partial charge in [-0.1, -0.05) is 0 Å². The second kappa shape index (κ2) is 4.36. The van der Waals surface area contributed by atoms with Crippen molar-refractivity contribution in [3.63, 3.8) is 0 Å². The average Bonchev–Trinajstić information content (AvgIpc) is 2.36. The zero-order chi connectivity index (χ0) is 8.97. The molecule has 68 valence electrons. The Labute approximate surface area is 70.8 Å². The van der Waals surface area contributed by atoms with E-state index in [-0.39, 0.29) is 6.54 Å². The summed E-state index contributed by atoms with van der Waals surface area (Å²) in [6.45, 7) is 1.25. The molecule has 1 heterocycles. The summed E-state index contributed by atoms with van der Waals surface area (Å²) >= 11 is 0. The molecule has 0 N–H and O–H groups in total. The van der Waals surface area contributed by atoms with Crippen molar-refractivity contribution in [2.75, 3.05) is 19.6 Å². The Morgan fingerprint density at radius 2 is 2.33 bits per heavy atom. The Morgan fingerprint density at radius 3 is 2.92 bits per heavy atom. The molecule has 1 aliphatic heterocycles. The maximum Gasteiger partial charge on any atom is 0.251 e. The second-order valence-electron chi connectivity index (χ2n) is 3.17. The van der Waals surface area contributed by atoms with Gasteiger partial charge in [-0.2, -0.15) is 5.26 Å². The zero-order valence-electron chi connectivity index (χ0n) is 6.84. The molecule has 0 amide bonds. The molecule has 0 aromatic heterocycles. The Kier molecular flexibility index (Phi) is 3.42. The molecule has 0 radical (unpaired) electrons. The molecule has 4 heteroatoms. The van der Waals surface area contributed by atoms with Gasteiger partial charge in [0.25, 0.3) is 6.43 Å². The van der Waals surface area contributed by atoms with E-state index < -0.39 is 6.43 Å². The molecule has 0 bridgehead atoms. The molecule has 2 nitrogen and oxygen atoms in total. The van der Waals surface area contributed by atoms with Crippen molar-refractivity contribution in [2.24, 2.45) is 5.92 Å². The fraction of sp³-hybridized carbons (Fsp3) is 0.875. The second-order valence-corrected chi connectivity index (χ2v) is 3.17. The fourth-order valence-corrected chi connectivity index (χ4v) is 1.57. The van der Waals surface area contributed by atoms with Gasteiger partial charge in [0.15, 0.2) is 0 Å². The molecule has 1 unspecified atom stereocenters. The van der Waals surface area contributed by atoms with Crippen LogP contribution in [0.15, 0.2) is 0 Å². The first kappa shape index (κ1) is 9.40. The number of rotatable bonds is 3. The Balaban J connectivity index is 2.22. The molecule has 1 rings (SSSR count). The lowest BCUT2D eigenvalue weighted by Crippen LogP contribution is -2.26. The number of nitriles is 1. The molecule has 0 spiro atoms. The van der Waals surface area contributed by atoms with Gasteiger partial charge in [0.1, 0.15) is 0 Å². The predicted molar refractivity (Wildman–Crippen MR) is 40.8 cm³/mol. The quantitative estimate of drug-likeness (QED) is 0.648. The smallest absolute Gasteiger partial charge is 0.251 e. The van der Waals surface area contributed by atoms with E-state index in [1.54, 1.807) is 4.90 Å². The largest absolute Gasteiger partial charge is 0.297 e. The van der Waals surface area contributed by atoms with Gasteiger partial charge in [0.2, 0.25) is 0 Å². The number of likely N-dealkylation sites (tertiary alicyclic amines) is 1. The van der Waals surface area contributed by atoms with Crippen LogP contribution in [0.4, 0.5) is 8.78 Å². The Hall–Kier alpha value is -0.690. The summed E-state index contributed by atoms with van der Waals surface area (Å²) in [5, 5.41) is 8.38. The van der Waals surface area contributed by atoms with Gasteiger partial charge in [0, 0.05) is 13.0 Å². The van der Waals surface area contributed by atoms with Crippen LogP contribution in [0.2, 0.25) is 0 Å². The molecule has 1 fully saturated rings. The van der Waals surface area contributed by atoms with Crippen molar-refractivity contribution in [1.82, 2.24) is 4.90 Å². The molecule has 0 aromatic rings. The number of nitrogens with zero attached hydrogens (tertiary/aromatic N) is 2. The third-order valence-electron chi connectivity index (χ3n) is 2.15. The number of hydrogen-bond donors (Lipinski definition) is 0. The van der Waals surface area contributed by atoms with Crippen LogP contribution in [0, 0.1) is 17.2 Å². The van der Waals surface area contributed by atoms with Crippen LogP contribution in [-0.2, 0) is 0 Å². The highest BCUT2D eigenvalue weighted by atomic mass is 19.3. The summed E-state index contributed by atoms with van der Waals surface area (Å²) in [7, 11) is 0. The maximum atomic E-state index is 11.9. The maximum absolute atomic E-state index is 11.9. The van der Waals surface area contributed by atoms with Crippen molar-refractivity contribution < 1.29 is 8.78 Å². The van der Waals surface area contributed by atoms with Gasteiger partial charge < -0.3 is 0 Å². The molecule has 1 aliphatic rings. The van der Waals surface area contributed by atoms with E-state index in [0.717, 1.165) is 13.0 Å². The molecule has 1 atom stereocenters. The predicted octanol–water partition coefficient (Wildman–Crippen LogP) is 1.49. The molecule has 12 heavy (non-hydrogen) atoms. The van der Waals surface area contributed by atoms with Crippen LogP contribution in [0.25, 0.3) is 0 Å². The first-order valence-corrected chi connectivity index (χ1v) is 4.10. The van der Waals surface area contributed by atoms with E-state index in [1.807, 2.05) is 0 Å². The summed E-state index contributed by atoms with van der Waals surface area (Å²) in [6.07, 6.45) is -0.856. The lowest BCUT2D eigenvalue weighted by Gasteiger charge is -2.13. The summed E-state index contributed by atoms with van der Waals surface area (Å²) < 4.78 is 23.8. The van der Waals surface area contributed by atoms with Crippen molar-refractivity contribution in [3.8, 4) is 6.07 Å². The Bertz CT molecular complexity index is 176. The zero-order valence-corrected chi connectivity index (χ0v) is 6.84. The minimum Gasteiger partial charge on any atom is -0.297 e. The summed E-state index contributed by atoms with van der Waals surface area (Å²) in [4.78, 5) is 1.73. The first-order valence-electron chi connectivity index (χ1n) is 4.10. The minimum atomic E-state index is -2.24. The van der Waals surface area contributed by atoms with Crippen LogP contribution >= 0.6 is 0 Å². The highest BCUT2D eigenvalue weighted by molar-refractivity contribution is 4.83. The minimum absolute atomic E-state index is 0.137. The normalized spacial score (nSPS) is 24.7. The van der Waals surface area contributed by atoms with E-state index in [1.165, 1.54) is 0 Å². The molecular formula is C8H12F2N2. The number of halogens is 2. The van der Waals surface area contributed by atoms with Crippen LogP contribution in [0.3, 0.4) is 0 Å². The number of alkyl halides is 2. The van der Waals surface area contributed by atoms with E-state index in [0.29, 0.717) is 18.9 Å². The van der Waals surface area contributed by atoms with Gasteiger partial charge in [-0.05, 0) is 18.9 Å². The summed E-state index contributed by atoms with van der Waals surface area (Å²) in [5.74, 6) is 0.314. The van der Waals surface area contributed by atoms with Gasteiger partial charge in [0.05, 0.1) is 12.6 Å². The topological polar surface area (TPSA) is 27.0 Å². The van der Waals surface area contributed by atoms with Crippen LogP contribution in [0.1, 0.15) is 12.8 Å². The van der Waals surface area contributed by atoms with Crippen molar-refractivity contribution in [1.29, 1.82) is 5.26 Å². The lowest BCUT2D eigenvalue weighted by molar-refractivity contribution is 0.0980. The average molecular weight is 174 g/mol. The van der Waals surface area contributed by atoms with Crippen LogP contribution < -0.4 is 0 Å². The number of hydrogen-bond acceptors (Lipinski definition) is 2. The monoisotopic (exact) mass is 174 g/mol. The van der Waals surface area contributed by atoms with Crippen molar-refractivity contribution >= 4 is 0 Å². The van der Waals surface area contributed by atoms with Crippen LogP contribution in [-0.4, -0.2) is 31.0 Å². The summed E-state index contributed by atoms with van der Waals surface area (Å²) in [6, 6.07) is 2.07. The van der Waals surface area contributed by atoms with Crippen molar-refractivity contribution in [2.45, 2.75) is 19.3 Å². The van der Waals surface area contributed by atoms with E-state index in [9.17, 15) is 8.78 Å². The van der Waals surface area contributed by atoms with E-state index >= 15 is 0 Å².